The molecule has 0 N–H and O–H groups in total. The average molecular weight is 313 g/mol. The summed E-state index contributed by atoms with van der Waals surface area (Å²) in [6.45, 7) is 2.53. The number of rotatable bonds is 3. The third-order valence-corrected chi connectivity index (χ3v) is 3.53. The topological polar surface area (TPSA) is 12.4 Å². The fourth-order valence-electron chi connectivity index (χ4n) is 1.67. The van der Waals surface area contributed by atoms with E-state index in [0.29, 0.717) is 16.6 Å². The lowest BCUT2D eigenvalue weighted by atomic mass is 10.1. The van der Waals surface area contributed by atoms with E-state index in [1.54, 1.807) is 6.07 Å². The quantitative estimate of drug-likeness (QED) is 0.649. The van der Waals surface area contributed by atoms with Gasteiger partial charge < -0.3 is 0 Å². The van der Waals surface area contributed by atoms with Crippen LogP contribution in [0.3, 0.4) is 0 Å². The van der Waals surface area contributed by atoms with Crippen LogP contribution in [0.1, 0.15) is 18.1 Å². The third-order valence-electron chi connectivity index (χ3n) is 2.73. The van der Waals surface area contributed by atoms with Gasteiger partial charge in [0.25, 0.3) is 0 Å². The Morgan fingerprint density at radius 2 is 1.58 bits per heavy atom. The number of benzene rings is 2. The summed E-state index contributed by atoms with van der Waals surface area (Å²) in [5, 5.41) is 1.97. The molecular weight excluding hydrogens is 301 g/mol. The number of hydrogen-bond donors (Lipinski definition) is 0. The van der Waals surface area contributed by atoms with E-state index in [9.17, 15) is 0 Å². The average Bonchev–Trinajstić information content (AvgIpc) is 2.37. The number of nitrogens with zero attached hydrogens (tertiary/aromatic N) is 1. The first-order valence-electron chi connectivity index (χ1n) is 5.77. The molecule has 0 aliphatic carbocycles. The van der Waals surface area contributed by atoms with Crippen LogP contribution in [0.15, 0.2) is 47.5 Å². The molecule has 2 aromatic rings. The van der Waals surface area contributed by atoms with Gasteiger partial charge in [-0.25, -0.2) is 0 Å². The zero-order valence-corrected chi connectivity index (χ0v) is 12.6. The van der Waals surface area contributed by atoms with Gasteiger partial charge >= 0.3 is 0 Å². The first-order valence-corrected chi connectivity index (χ1v) is 6.90. The largest absolute Gasteiger partial charge is 0.285 e. The van der Waals surface area contributed by atoms with Crippen LogP contribution in [0.5, 0.6) is 0 Å². The van der Waals surface area contributed by atoms with Crippen LogP contribution in [-0.4, -0.2) is 5.71 Å². The van der Waals surface area contributed by atoms with E-state index >= 15 is 0 Å². The van der Waals surface area contributed by atoms with E-state index in [4.69, 9.17) is 34.8 Å². The van der Waals surface area contributed by atoms with E-state index < -0.39 is 0 Å². The molecule has 0 aliphatic heterocycles. The maximum atomic E-state index is 6.14. The lowest BCUT2D eigenvalue weighted by molar-refractivity contribution is 1.06. The molecule has 0 atom stereocenters. The minimum absolute atomic E-state index is 0.599. The second-order valence-corrected chi connectivity index (χ2v) is 5.43. The predicted molar refractivity (Wildman–Crippen MR) is 83.8 cm³/mol. The summed E-state index contributed by atoms with van der Waals surface area (Å²) in [5.74, 6) is 0. The molecule has 4 heteroatoms. The maximum Gasteiger partial charge on any atom is 0.0643 e. The highest BCUT2D eigenvalue weighted by atomic mass is 35.5. The van der Waals surface area contributed by atoms with Crippen molar-refractivity contribution in [3.05, 3.63) is 68.7 Å². The van der Waals surface area contributed by atoms with Gasteiger partial charge in [-0.15, -0.1) is 0 Å². The van der Waals surface area contributed by atoms with Crippen molar-refractivity contribution in [2.24, 2.45) is 4.99 Å². The van der Waals surface area contributed by atoms with Crippen molar-refractivity contribution in [3.8, 4) is 0 Å². The molecule has 0 radical (unpaired) electrons. The van der Waals surface area contributed by atoms with Crippen molar-refractivity contribution < 1.29 is 0 Å². The highest BCUT2D eigenvalue weighted by Crippen LogP contribution is 2.22. The highest BCUT2D eigenvalue weighted by Gasteiger charge is 2.04. The number of halogens is 3. The smallest absolute Gasteiger partial charge is 0.0643 e. The van der Waals surface area contributed by atoms with Crippen LogP contribution in [0.25, 0.3) is 0 Å². The molecule has 1 nitrogen and oxygen atoms in total. The fourth-order valence-corrected chi connectivity index (χ4v) is 2.34. The zero-order valence-electron chi connectivity index (χ0n) is 10.3. The first-order chi connectivity index (χ1) is 9.06. The Morgan fingerprint density at radius 1 is 0.947 bits per heavy atom. The Hall–Kier alpha value is -1.02. The van der Waals surface area contributed by atoms with Crippen LogP contribution >= 0.6 is 34.8 Å². The van der Waals surface area contributed by atoms with E-state index in [1.807, 2.05) is 43.3 Å². The van der Waals surface area contributed by atoms with Gasteiger partial charge in [0, 0.05) is 21.3 Å². The highest BCUT2D eigenvalue weighted by molar-refractivity contribution is 6.37. The van der Waals surface area contributed by atoms with Crippen LogP contribution in [0.4, 0.5) is 0 Å². The van der Waals surface area contributed by atoms with Crippen LogP contribution in [0, 0.1) is 0 Å². The number of aliphatic imine (C=N–C) groups is 1. The normalized spacial score (nSPS) is 11.7. The Labute approximate surface area is 127 Å². The second-order valence-electron chi connectivity index (χ2n) is 4.15. The van der Waals surface area contributed by atoms with Gasteiger partial charge in [-0.3, -0.25) is 4.99 Å². The summed E-state index contributed by atoms with van der Waals surface area (Å²) in [4.78, 5) is 4.53. The summed E-state index contributed by atoms with van der Waals surface area (Å²) in [5.41, 5.74) is 2.89. The van der Waals surface area contributed by atoms with Gasteiger partial charge in [0.2, 0.25) is 0 Å². The molecule has 2 rings (SSSR count). The second kappa shape index (κ2) is 6.42. The zero-order chi connectivity index (χ0) is 13.8. The van der Waals surface area contributed by atoms with Crippen LogP contribution in [-0.2, 0) is 6.54 Å². The molecule has 0 aromatic heterocycles. The summed E-state index contributed by atoms with van der Waals surface area (Å²) in [6, 6.07) is 13.0. The number of hydrogen-bond acceptors (Lipinski definition) is 1. The van der Waals surface area contributed by atoms with Crippen molar-refractivity contribution in [1.29, 1.82) is 0 Å². The predicted octanol–water partition coefficient (Wildman–Crippen LogP) is 5.66. The SMILES string of the molecule is CC(=NCc1ccc(Cl)cc1)c1ccc(Cl)cc1Cl. The molecule has 98 valence electrons. The summed E-state index contributed by atoms with van der Waals surface area (Å²) >= 11 is 17.9. The van der Waals surface area contributed by atoms with E-state index in [2.05, 4.69) is 4.99 Å². The molecule has 0 fully saturated rings. The summed E-state index contributed by atoms with van der Waals surface area (Å²) < 4.78 is 0. The lowest BCUT2D eigenvalue weighted by Crippen LogP contribution is -1.97. The van der Waals surface area contributed by atoms with Gasteiger partial charge in [-0.2, -0.15) is 0 Å². The Kier molecular flexibility index (Phi) is 4.87. The molecule has 0 heterocycles. The maximum absolute atomic E-state index is 6.14. The molecule has 2 aromatic carbocycles. The Bertz CT molecular complexity index is 603. The van der Waals surface area contributed by atoms with Gasteiger partial charge in [0.1, 0.15) is 0 Å². The summed E-state index contributed by atoms with van der Waals surface area (Å²) in [6.07, 6.45) is 0. The van der Waals surface area contributed by atoms with E-state index in [-0.39, 0.29) is 0 Å². The molecule has 0 amide bonds. The molecule has 0 spiro atoms. The van der Waals surface area contributed by atoms with Crippen LogP contribution in [0.2, 0.25) is 15.1 Å². The van der Waals surface area contributed by atoms with Crippen molar-refractivity contribution >= 4 is 40.5 Å². The van der Waals surface area contributed by atoms with E-state index in [0.717, 1.165) is 21.9 Å². The Balaban J connectivity index is 2.16. The molecular formula is C15H12Cl3N. The molecule has 19 heavy (non-hydrogen) atoms. The van der Waals surface area contributed by atoms with Crippen molar-refractivity contribution in [3.63, 3.8) is 0 Å². The van der Waals surface area contributed by atoms with Crippen LogP contribution < -0.4 is 0 Å². The standard InChI is InChI=1S/C15H12Cl3N/c1-10(14-7-6-13(17)8-15(14)18)19-9-11-2-4-12(16)5-3-11/h2-8H,9H2,1H3. The van der Waals surface area contributed by atoms with Crippen molar-refractivity contribution in [2.45, 2.75) is 13.5 Å². The minimum atomic E-state index is 0.599. The minimum Gasteiger partial charge on any atom is -0.285 e. The fraction of sp³-hybridized carbons (Fsp3) is 0.133. The third kappa shape index (κ3) is 3.97. The molecule has 0 bridgehead atoms. The molecule has 0 saturated heterocycles. The first kappa shape index (κ1) is 14.4. The lowest BCUT2D eigenvalue weighted by Gasteiger charge is -2.05. The van der Waals surface area contributed by atoms with Gasteiger partial charge in [-0.1, -0.05) is 53.0 Å². The monoisotopic (exact) mass is 311 g/mol. The summed E-state index contributed by atoms with van der Waals surface area (Å²) in [7, 11) is 0. The molecule has 0 unspecified atom stereocenters. The Morgan fingerprint density at radius 3 is 2.21 bits per heavy atom. The van der Waals surface area contributed by atoms with E-state index in [1.165, 1.54) is 0 Å². The molecule has 0 aliphatic rings. The van der Waals surface area contributed by atoms with Gasteiger partial charge in [0.15, 0.2) is 0 Å². The molecule has 0 saturated carbocycles. The van der Waals surface area contributed by atoms with Crippen molar-refractivity contribution in [1.82, 2.24) is 0 Å². The van der Waals surface area contributed by atoms with Gasteiger partial charge in [-0.05, 0) is 36.8 Å². The van der Waals surface area contributed by atoms with Gasteiger partial charge in [0.05, 0.1) is 11.6 Å². The van der Waals surface area contributed by atoms with Crippen molar-refractivity contribution in [2.75, 3.05) is 0 Å².